The van der Waals surface area contributed by atoms with E-state index in [2.05, 4.69) is 22.4 Å². The topological polar surface area (TPSA) is 24.7 Å². The van der Waals surface area contributed by atoms with E-state index in [-0.39, 0.29) is 0 Å². The fourth-order valence-electron chi connectivity index (χ4n) is 1.55. The molecule has 2 rings (SSSR count). The second-order valence-corrected chi connectivity index (χ2v) is 4.39. The molecule has 2 aromatic carbocycles. The van der Waals surface area contributed by atoms with Gasteiger partial charge in [0.15, 0.2) is 0 Å². The summed E-state index contributed by atoms with van der Waals surface area (Å²) in [5.41, 5.74) is 2.11. The standard InChI is InChI=1S/C15H14N2S/c18-15(12-11-13-7-3-1-4-8-13)17-16-14-9-5-2-6-10-14/h1-10H,11-12H2. The first kappa shape index (κ1) is 12.6. The maximum Gasteiger partial charge on any atom is 0.126 e. The Morgan fingerprint density at radius 1 is 0.889 bits per heavy atom. The van der Waals surface area contributed by atoms with Gasteiger partial charge in [-0.05, 0) is 24.1 Å². The highest BCUT2D eigenvalue weighted by Crippen LogP contribution is 2.11. The summed E-state index contributed by atoms with van der Waals surface area (Å²) >= 11 is 5.19. The molecule has 0 aliphatic rings. The van der Waals surface area contributed by atoms with Crippen molar-refractivity contribution in [2.45, 2.75) is 12.8 Å². The Kier molecular flexibility index (Phi) is 4.73. The molecule has 0 aliphatic carbocycles. The van der Waals surface area contributed by atoms with Gasteiger partial charge in [0, 0.05) is 6.42 Å². The van der Waals surface area contributed by atoms with Crippen LogP contribution in [-0.4, -0.2) is 4.99 Å². The third-order valence-electron chi connectivity index (χ3n) is 2.50. The molecule has 90 valence electrons. The van der Waals surface area contributed by atoms with Gasteiger partial charge in [0.05, 0.1) is 5.69 Å². The van der Waals surface area contributed by atoms with Crippen molar-refractivity contribution < 1.29 is 0 Å². The van der Waals surface area contributed by atoms with Crippen molar-refractivity contribution in [3.05, 3.63) is 66.2 Å². The van der Waals surface area contributed by atoms with E-state index in [1.54, 1.807) is 0 Å². The van der Waals surface area contributed by atoms with E-state index < -0.39 is 0 Å². The Hall–Kier alpha value is -1.87. The van der Waals surface area contributed by atoms with Crippen molar-refractivity contribution in [2.24, 2.45) is 10.2 Å². The van der Waals surface area contributed by atoms with E-state index >= 15 is 0 Å². The SMILES string of the molecule is S=C(CCc1ccccc1)N=Nc1ccccc1. The number of hydrogen-bond acceptors (Lipinski definition) is 2. The predicted octanol–water partition coefficient (Wildman–Crippen LogP) is 4.73. The monoisotopic (exact) mass is 254 g/mol. The molecule has 3 heteroatoms. The Labute approximate surface area is 112 Å². The fourth-order valence-corrected chi connectivity index (χ4v) is 1.70. The molecule has 0 heterocycles. The minimum absolute atomic E-state index is 0.641. The fraction of sp³-hybridized carbons (Fsp3) is 0.133. The van der Waals surface area contributed by atoms with E-state index in [0.29, 0.717) is 4.99 Å². The first-order valence-corrected chi connectivity index (χ1v) is 6.29. The largest absolute Gasteiger partial charge is 0.150 e. The van der Waals surface area contributed by atoms with E-state index in [1.165, 1.54) is 5.56 Å². The maximum absolute atomic E-state index is 5.19. The van der Waals surface area contributed by atoms with Gasteiger partial charge in [0.25, 0.3) is 0 Å². The van der Waals surface area contributed by atoms with Gasteiger partial charge in [-0.25, -0.2) is 0 Å². The van der Waals surface area contributed by atoms with Gasteiger partial charge in [0.2, 0.25) is 0 Å². The zero-order valence-corrected chi connectivity index (χ0v) is 10.8. The van der Waals surface area contributed by atoms with Crippen molar-refractivity contribution in [3.8, 4) is 0 Å². The minimum atomic E-state index is 0.641. The van der Waals surface area contributed by atoms with Gasteiger partial charge < -0.3 is 0 Å². The molecule has 0 aromatic heterocycles. The third-order valence-corrected chi connectivity index (χ3v) is 2.79. The number of nitrogens with zero attached hydrogens (tertiary/aromatic N) is 2. The van der Waals surface area contributed by atoms with Crippen molar-refractivity contribution in [1.82, 2.24) is 0 Å². The molecule has 2 aromatic rings. The molecular weight excluding hydrogens is 240 g/mol. The molecule has 0 amide bonds. The Morgan fingerprint density at radius 2 is 1.50 bits per heavy atom. The summed E-state index contributed by atoms with van der Waals surface area (Å²) in [6.07, 6.45) is 1.67. The summed E-state index contributed by atoms with van der Waals surface area (Å²) in [5.74, 6) is 0. The number of azo groups is 1. The lowest BCUT2D eigenvalue weighted by atomic mass is 10.1. The van der Waals surface area contributed by atoms with Crippen LogP contribution in [0.4, 0.5) is 5.69 Å². The highest BCUT2D eigenvalue weighted by atomic mass is 32.1. The highest BCUT2D eigenvalue weighted by Gasteiger charge is 1.96. The van der Waals surface area contributed by atoms with Crippen molar-refractivity contribution in [1.29, 1.82) is 0 Å². The van der Waals surface area contributed by atoms with Gasteiger partial charge >= 0.3 is 0 Å². The van der Waals surface area contributed by atoms with E-state index in [4.69, 9.17) is 12.2 Å². The van der Waals surface area contributed by atoms with E-state index in [1.807, 2.05) is 48.5 Å². The minimum Gasteiger partial charge on any atom is -0.150 e. The third kappa shape index (κ3) is 4.18. The van der Waals surface area contributed by atoms with Gasteiger partial charge in [-0.15, -0.1) is 5.11 Å². The quantitative estimate of drug-likeness (QED) is 0.572. The Balaban J connectivity index is 1.84. The second kappa shape index (κ2) is 6.77. The molecule has 18 heavy (non-hydrogen) atoms. The lowest BCUT2D eigenvalue weighted by Gasteiger charge is -1.98. The normalized spacial score (nSPS) is 10.7. The Bertz CT molecular complexity index is 521. The van der Waals surface area contributed by atoms with Gasteiger partial charge in [0.1, 0.15) is 4.99 Å². The van der Waals surface area contributed by atoms with Crippen LogP contribution in [0.5, 0.6) is 0 Å². The zero-order valence-electron chi connectivity index (χ0n) is 9.99. The lowest BCUT2D eigenvalue weighted by Crippen LogP contribution is -1.92. The van der Waals surface area contributed by atoms with Crippen LogP contribution < -0.4 is 0 Å². The first-order valence-electron chi connectivity index (χ1n) is 5.88. The summed E-state index contributed by atoms with van der Waals surface area (Å²) in [7, 11) is 0. The van der Waals surface area contributed by atoms with Crippen LogP contribution in [0, 0.1) is 0 Å². The zero-order chi connectivity index (χ0) is 12.6. The molecule has 0 saturated carbocycles. The molecule has 0 unspecified atom stereocenters. The lowest BCUT2D eigenvalue weighted by molar-refractivity contribution is 1.03. The molecule has 0 bridgehead atoms. The second-order valence-electron chi connectivity index (χ2n) is 3.91. The molecule has 0 fully saturated rings. The van der Waals surface area contributed by atoms with Crippen LogP contribution in [0.2, 0.25) is 0 Å². The molecule has 2 nitrogen and oxygen atoms in total. The molecule has 0 radical (unpaired) electrons. The van der Waals surface area contributed by atoms with Crippen LogP contribution in [0.25, 0.3) is 0 Å². The van der Waals surface area contributed by atoms with Crippen molar-refractivity contribution >= 4 is 22.9 Å². The van der Waals surface area contributed by atoms with E-state index in [0.717, 1.165) is 18.5 Å². The first-order chi connectivity index (χ1) is 8.84. The van der Waals surface area contributed by atoms with Crippen LogP contribution in [0.15, 0.2) is 70.9 Å². The Morgan fingerprint density at radius 3 is 2.17 bits per heavy atom. The van der Waals surface area contributed by atoms with E-state index in [9.17, 15) is 0 Å². The van der Waals surface area contributed by atoms with Crippen LogP contribution in [-0.2, 0) is 6.42 Å². The molecule has 0 atom stereocenters. The number of benzene rings is 2. The van der Waals surface area contributed by atoms with Crippen LogP contribution >= 0.6 is 12.2 Å². The van der Waals surface area contributed by atoms with Gasteiger partial charge in [-0.3, -0.25) is 0 Å². The van der Waals surface area contributed by atoms with Crippen LogP contribution in [0.3, 0.4) is 0 Å². The summed E-state index contributed by atoms with van der Waals surface area (Å²) in [6, 6.07) is 19.9. The van der Waals surface area contributed by atoms with Crippen molar-refractivity contribution in [3.63, 3.8) is 0 Å². The summed E-state index contributed by atoms with van der Waals surface area (Å²) in [4.78, 5) is 0.641. The van der Waals surface area contributed by atoms with Crippen LogP contribution in [0.1, 0.15) is 12.0 Å². The summed E-state index contributed by atoms with van der Waals surface area (Å²) < 4.78 is 0. The average molecular weight is 254 g/mol. The number of aryl methyl sites for hydroxylation is 1. The van der Waals surface area contributed by atoms with Gasteiger partial charge in [-0.1, -0.05) is 60.7 Å². The molecule has 0 N–H and O–H groups in total. The number of thiocarbonyl (C=S) groups is 1. The molecule has 0 aliphatic heterocycles. The highest BCUT2D eigenvalue weighted by molar-refractivity contribution is 7.80. The maximum atomic E-state index is 5.19. The van der Waals surface area contributed by atoms with Crippen molar-refractivity contribution in [2.75, 3.05) is 0 Å². The van der Waals surface area contributed by atoms with Gasteiger partial charge in [-0.2, -0.15) is 5.11 Å². The number of rotatable bonds is 4. The smallest absolute Gasteiger partial charge is 0.126 e. The molecule has 0 spiro atoms. The predicted molar refractivity (Wildman–Crippen MR) is 78.3 cm³/mol. The summed E-state index contributed by atoms with van der Waals surface area (Å²) in [6.45, 7) is 0. The molecular formula is C15H14N2S. The number of hydrogen-bond donors (Lipinski definition) is 0. The average Bonchev–Trinajstić information content (AvgIpc) is 2.45. The summed E-state index contributed by atoms with van der Waals surface area (Å²) in [5, 5.41) is 8.17. The molecule has 0 saturated heterocycles.